The fourth-order valence-electron chi connectivity index (χ4n) is 4.95. The van der Waals surface area contributed by atoms with Gasteiger partial charge in [0.05, 0.1) is 33.4 Å². The van der Waals surface area contributed by atoms with Gasteiger partial charge in [0.2, 0.25) is 28.8 Å². The van der Waals surface area contributed by atoms with E-state index in [1.807, 2.05) is 0 Å². The molecule has 0 spiro atoms. The van der Waals surface area contributed by atoms with Crippen LogP contribution in [0.15, 0.2) is 91.0 Å². The summed E-state index contributed by atoms with van der Waals surface area (Å²) >= 11 is 0. The zero-order valence-corrected chi connectivity index (χ0v) is 29.1. The number of carbonyl (C=O) groups is 3. The van der Waals surface area contributed by atoms with Crippen molar-refractivity contribution in [2.45, 2.75) is 6.92 Å². The largest absolute Gasteiger partial charge is 0.504 e. The van der Waals surface area contributed by atoms with Gasteiger partial charge < -0.3 is 71.5 Å². The number of para-hydroxylation sites is 3. The minimum atomic E-state index is -0.911. The van der Waals surface area contributed by atoms with Crippen LogP contribution in [0.2, 0.25) is 0 Å². The summed E-state index contributed by atoms with van der Waals surface area (Å²) < 4.78 is 0. The number of carbonyl (C=O) groups excluding carboxylic acids is 3. The summed E-state index contributed by atoms with van der Waals surface area (Å²) in [5.74, 6) is -10.9. The fourth-order valence-corrected chi connectivity index (χ4v) is 4.95. The number of aromatic hydroxyl groups is 14. The zero-order chi connectivity index (χ0) is 42.5. The number of hydrogen-bond acceptors (Lipinski definition) is 17. The summed E-state index contributed by atoms with van der Waals surface area (Å²) in [6.45, 7) is 1.58. The van der Waals surface area contributed by atoms with Crippen LogP contribution in [-0.4, -0.2) is 88.8 Å². The van der Waals surface area contributed by atoms with Crippen molar-refractivity contribution in [1.29, 1.82) is 0 Å². The molecule has 6 rings (SSSR count). The maximum atomic E-state index is 12.2. The van der Waals surface area contributed by atoms with Crippen molar-refractivity contribution in [2.24, 2.45) is 0 Å². The zero-order valence-electron chi connectivity index (χ0n) is 29.1. The van der Waals surface area contributed by atoms with Crippen molar-refractivity contribution >= 4 is 17.3 Å². The Morgan fingerprint density at radius 1 is 0.281 bits per heavy atom. The summed E-state index contributed by atoms with van der Waals surface area (Å²) in [5, 5.41) is 132. The second-order valence-electron chi connectivity index (χ2n) is 11.8. The first-order chi connectivity index (χ1) is 26.8. The van der Waals surface area contributed by atoms with Crippen molar-refractivity contribution in [1.82, 2.24) is 0 Å². The van der Waals surface area contributed by atoms with Crippen LogP contribution in [0.3, 0.4) is 0 Å². The van der Waals surface area contributed by atoms with Crippen molar-refractivity contribution in [3.63, 3.8) is 0 Å². The van der Waals surface area contributed by atoms with E-state index < -0.39 is 92.1 Å². The number of phenols is 14. The predicted octanol–water partition coefficient (Wildman–Crippen LogP) is 4.94. The molecule has 0 saturated heterocycles. The first-order valence-corrected chi connectivity index (χ1v) is 16.0. The SMILES string of the molecule is Cc1ccc(C(=O)c2cccc(O)c2O)c(O)c1O.O=C(c1ccc(O)c(O)c1O)c1ccc(O)c(O)c1O.O=C(c1cccc(O)c1O)c1cccc(O)c1O. The Bertz CT molecular complexity index is 2430. The molecule has 0 amide bonds. The molecule has 17 heteroatoms. The Labute approximate surface area is 320 Å². The van der Waals surface area contributed by atoms with Gasteiger partial charge in [0.25, 0.3) is 0 Å². The molecule has 0 aliphatic heterocycles. The fraction of sp³-hybridized carbons (Fsp3) is 0.0250. The van der Waals surface area contributed by atoms with Crippen LogP contribution in [-0.2, 0) is 0 Å². The number of aryl methyl sites for hydroxylation is 1. The second-order valence-corrected chi connectivity index (χ2v) is 11.8. The quantitative estimate of drug-likeness (QED) is 0.0785. The van der Waals surface area contributed by atoms with E-state index in [1.54, 1.807) is 6.92 Å². The maximum absolute atomic E-state index is 12.2. The molecule has 0 aliphatic rings. The van der Waals surface area contributed by atoms with Crippen LogP contribution in [0.4, 0.5) is 0 Å². The maximum Gasteiger partial charge on any atom is 0.201 e. The van der Waals surface area contributed by atoms with E-state index in [0.717, 1.165) is 24.3 Å². The van der Waals surface area contributed by atoms with Gasteiger partial charge in [0.1, 0.15) is 0 Å². The van der Waals surface area contributed by atoms with Crippen LogP contribution in [0, 0.1) is 6.92 Å². The third kappa shape index (κ3) is 8.36. The molecule has 0 saturated carbocycles. The number of benzene rings is 6. The average molecular weight is 785 g/mol. The molecule has 57 heavy (non-hydrogen) atoms. The molecule has 0 bridgehead atoms. The van der Waals surface area contributed by atoms with Gasteiger partial charge in [-0.05, 0) is 79.2 Å². The molecule has 0 radical (unpaired) electrons. The Morgan fingerprint density at radius 3 is 0.842 bits per heavy atom. The minimum Gasteiger partial charge on any atom is -0.504 e. The number of phenolic OH excluding ortho intramolecular Hbond substituents is 14. The van der Waals surface area contributed by atoms with Crippen LogP contribution in [0.5, 0.6) is 80.5 Å². The number of ketones is 3. The van der Waals surface area contributed by atoms with E-state index in [4.69, 9.17) is 10.2 Å². The highest BCUT2D eigenvalue weighted by molar-refractivity contribution is 6.14. The monoisotopic (exact) mass is 784 g/mol. The average Bonchev–Trinajstić information content (AvgIpc) is 3.18. The van der Waals surface area contributed by atoms with Crippen LogP contribution in [0.1, 0.15) is 53.3 Å². The summed E-state index contributed by atoms with van der Waals surface area (Å²) in [6.07, 6.45) is 0. The highest BCUT2D eigenvalue weighted by Gasteiger charge is 2.24. The standard InChI is InChI=1S/C14H12O5.C13H10O7.C13H10O5/c1-7-5-6-9(14(19)11(7)16)12(17)8-3-2-4-10(15)13(8)18;14-7-3-1-5(10(17)12(7)19)9(16)6-2-4-8(15)13(20)11(6)18;14-9-5-1-3-7(12(9)17)11(16)8-4-2-6-10(15)13(8)18/h2-6,15-16,18-19H,1H3;1-4,14-15,17-20H;1-6,14-15,17-18H. The molecule has 0 aliphatic carbocycles. The van der Waals surface area contributed by atoms with E-state index in [1.165, 1.54) is 66.7 Å². The highest BCUT2D eigenvalue weighted by atomic mass is 16.3. The van der Waals surface area contributed by atoms with E-state index in [-0.39, 0.29) is 39.1 Å². The normalized spacial score (nSPS) is 10.3. The molecule has 0 fully saturated rings. The molecule has 6 aromatic carbocycles. The number of hydrogen-bond donors (Lipinski definition) is 14. The van der Waals surface area contributed by atoms with Crippen LogP contribution in [0.25, 0.3) is 0 Å². The van der Waals surface area contributed by atoms with Gasteiger partial charge in [0, 0.05) is 0 Å². The van der Waals surface area contributed by atoms with Crippen LogP contribution < -0.4 is 0 Å². The van der Waals surface area contributed by atoms with Gasteiger partial charge >= 0.3 is 0 Å². The molecule has 6 aromatic rings. The summed E-state index contributed by atoms with van der Waals surface area (Å²) in [6, 6.07) is 18.7. The van der Waals surface area contributed by atoms with Crippen LogP contribution >= 0.6 is 0 Å². The van der Waals surface area contributed by atoms with Crippen molar-refractivity contribution in [3.8, 4) is 80.5 Å². The van der Waals surface area contributed by atoms with E-state index in [2.05, 4.69) is 0 Å². The van der Waals surface area contributed by atoms with E-state index in [9.17, 15) is 75.7 Å². The molecule has 0 aromatic heterocycles. The Balaban J connectivity index is 0.000000190. The van der Waals surface area contributed by atoms with Gasteiger partial charge in [-0.1, -0.05) is 24.3 Å². The summed E-state index contributed by atoms with van der Waals surface area (Å²) in [5.41, 5.74) is -0.968. The molecule has 294 valence electrons. The molecule has 14 N–H and O–H groups in total. The van der Waals surface area contributed by atoms with Gasteiger partial charge in [-0.15, -0.1) is 0 Å². The van der Waals surface area contributed by atoms with E-state index in [0.29, 0.717) is 5.56 Å². The first kappa shape index (κ1) is 41.3. The minimum absolute atomic E-state index is 0.149. The lowest BCUT2D eigenvalue weighted by Crippen LogP contribution is -2.02. The number of rotatable bonds is 6. The van der Waals surface area contributed by atoms with Gasteiger partial charge in [-0.3, -0.25) is 14.4 Å². The predicted molar refractivity (Wildman–Crippen MR) is 197 cm³/mol. The third-order valence-corrected chi connectivity index (χ3v) is 8.12. The summed E-state index contributed by atoms with van der Waals surface area (Å²) in [7, 11) is 0. The van der Waals surface area contributed by atoms with Crippen molar-refractivity contribution in [3.05, 3.63) is 130 Å². The van der Waals surface area contributed by atoms with E-state index >= 15 is 0 Å². The first-order valence-electron chi connectivity index (χ1n) is 16.0. The molecule has 17 nitrogen and oxygen atoms in total. The molecule has 0 unspecified atom stereocenters. The molecular formula is C40H32O17. The second kappa shape index (κ2) is 16.7. The van der Waals surface area contributed by atoms with Crippen molar-refractivity contribution in [2.75, 3.05) is 0 Å². The Hall–Kier alpha value is -8.47. The van der Waals surface area contributed by atoms with Gasteiger partial charge in [0.15, 0.2) is 69.0 Å². The lowest BCUT2D eigenvalue weighted by Gasteiger charge is -2.09. The smallest absolute Gasteiger partial charge is 0.201 e. The lowest BCUT2D eigenvalue weighted by molar-refractivity contribution is 0.102. The molecule has 0 atom stereocenters. The third-order valence-electron chi connectivity index (χ3n) is 8.12. The molecule has 0 heterocycles. The molecular weight excluding hydrogens is 752 g/mol. The Morgan fingerprint density at radius 2 is 0.526 bits per heavy atom. The lowest BCUT2D eigenvalue weighted by atomic mass is 9.99. The van der Waals surface area contributed by atoms with Gasteiger partial charge in [-0.2, -0.15) is 0 Å². The summed E-state index contributed by atoms with van der Waals surface area (Å²) in [4.78, 5) is 36.3. The van der Waals surface area contributed by atoms with Gasteiger partial charge in [-0.25, -0.2) is 0 Å². The van der Waals surface area contributed by atoms with Crippen molar-refractivity contribution < 1.29 is 85.9 Å². The highest BCUT2D eigenvalue weighted by Crippen LogP contribution is 2.42. The Kier molecular flexibility index (Phi) is 12.1. The topological polar surface area (TPSA) is 334 Å².